The molecule has 1 saturated heterocycles. The molecule has 188 valence electrons. The van der Waals surface area contributed by atoms with Gasteiger partial charge in [-0.15, -0.1) is 0 Å². The molecule has 35 heavy (non-hydrogen) atoms. The lowest BCUT2D eigenvalue weighted by Crippen LogP contribution is -2.54. The van der Waals surface area contributed by atoms with Crippen LogP contribution in [0.5, 0.6) is 0 Å². The molecule has 0 aromatic heterocycles. The molecule has 3 amide bonds. The van der Waals surface area contributed by atoms with Gasteiger partial charge in [0, 0.05) is 13.6 Å². The first-order valence-corrected chi connectivity index (χ1v) is 11.6. The maximum Gasteiger partial charge on any atom is 0.410 e. The minimum absolute atomic E-state index is 0.316. The number of urea groups is 1. The van der Waals surface area contributed by atoms with Crippen LogP contribution in [-0.2, 0) is 11.2 Å². The van der Waals surface area contributed by atoms with E-state index in [9.17, 15) is 14.0 Å². The highest BCUT2D eigenvalue weighted by atomic mass is 19.3. The number of hydrogen-bond donors (Lipinski definition) is 0. The smallest absolute Gasteiger partial charge is 0.410 e. The largest absolute Gasteiger partial charge is 0.444 e. The van der Waals surface area contributed by atoms with Gasteiger partial charge in [0.2, 0.25) is 0 Å². The van der Waals surface area contributed by atoms with Crippen molar-refractivity contribution in [2.75, 3.05) is 26.7 Å². The molecule has 2 aliphatic rings. The monoisotopic (exact) mass is 489 g/mol. The summed E-state index contributed by atoms with van der Waals surface area (Å²) in [5.74, 6) is -3.71. The summed E-state index contributed by atoms with van der Waals surface area (Å²) < 4.78 is 48.9. The zero-order chi connectivity index (χ0) is 25.5. The van der Waals surface area contributed by atoms with Gasteiger partial charge < -0.3 is 14.5 Å². The number of rotatable bonds is 2. The minimum Gasteiger partial charge on any atom is -0.444 e. The van der Waals surface area contributed by atoms with Crippen LogP contribution in [0.2, 0.25) is 0 Å². The van der Waals surface area contributed by atoms with E-state index < -0.39 is 48.1 Å². The molecule has 2 aromatic carbocycles. The number of carbonyl (C=O) groups excluding carboxylic acids is 2. The van der Waals surface area contributed by atoms with Crippen molar-refractivity contribution in [1.29, 1.82) is 0 Å². The topological polar surface area (TPSA) is 53.1 Å². The van der Waals surface area contributed by atoms with Crippen LogP contribution in [0.4, 0.5) is 22.8 Å². The summed E-state index contributed by atoms with van der Waals surface area (Å²) in [5, 5.41) is 0. The Labute approximate surface area is 203 Å². The zero-order valence-corrected chi connectivity index (χ0v) is 20.3. The lowest BCUT2D eigenvalue weighted by Gasteiger charge is -2.41. The van der Waals surface area contributed by atoms with Crippen molar-refractivity contribution in [1.82, 2.24) is 14.7 Å². The average Bonchev–Trinajstić information content (AvgIpc) is 3.12. The molecule has 0 bridgehead atoms. The summed E-state index contributed by atoms with van der Waals surface area (Å²) in [6, 6.07) is 10.9. The Bertz CT molecular complexity index is 1100. The standard InChI is InChI=1S/C26H30F3N3O3/c1-25(2,3)35-24(34)31-15-21(26(28,29)16-31)30(4)23(33)32-14-13-17-7-5-6-8-20(17)22(32)18-9-11-19(27)12-10-18/h5-12,21-22H,13-16H2,1-4H3/t21?,22-/m0/s1. The molecule has 0 N–H and O–H groups in total. The summed E-state index contributed by atoms with van der Waals surface area (Å²) in [6.45, 7) is 4.14. The molecular formula is C26H30F3N3O3. The summed E-state index contributed by atoms with van der Waals surface area (Å²) in [7, 11) is 1.34. The number of amides is 3. The Kier molecular flexibility index (Phi) is 6.46. The number of benzene rings is 2. The van der Waals surface area contributed by atoms with Crippen molar-refractivity contribution >= 4 is 12.1 Å². The van der Waals surface area contributed by atoms with Gasteiger partial charge in [0.15, 0.2) is 0 Å². The summed E-state index contributed by atoms with van der Waals surface area (Å²) in [5.41, 5.74) is 1.79. The molecule has 0 spiro atoms. The molecular weight excluding hydrogens is 459 g/mol. The number of likely N-dealkylation sites (tertiary alicyclic amines) is 1. The van der Waals surface area contributed by atoms with E-state index in [0.29, 0.717) is 18.5 Å². The number of hydrogen-bond acceptors (Lipinski definition) is 3. The molecule has 2 atom stereocenters. The van der Waals surface area contributed by atoms with Gasteiger partial charge >= 0.3 is 12.1 Å². The van der Waals surface area contributed by atoms with Crippen LogP contribution >= 0.6 is 0 Å². The summed E-state index contributed by atoms with van der Waals surface area (Å²) in [4.78, 5) is 29.6. The van der Waals surface area contributed by atoms with Crippen LogP contribution in [0.1, 0.15) is 43.5 Å². The van der Waals surface area contributed by atoms with Gasteiger partial charge in [-0.3, -0.25) is 4.90 Å². The van der Waals surface area contributed by atoms with Gasteiger partial charge in [-0.25, -0.2) is 22.8 Å². The summed E-state index contributed by atoms with van der Waals surface area (Å²) >= 11 is 0. The molecule has 2 heterocycles. The van der Waals surface area contributed by atoms with E-state index in [2.05, 4.69) is 0 Å². The van der Waals surface area contributed by atoms with E-state index in [1.165, 1.54) is 19.2 Å². The molecule has 6 nitrogen and oxygen atoms in total. The molecule has 9 heteroatoms. The van der Waals surface area contributed by atoms with Crippen LogP contribution in [0.15, 0.2) is 48.5 Å². The molecule has 2 aromatic rings. The van der Waals surface area contributed by atoms with E-state index >= 15 is 8.78 Å². The number of ether oxygens (including phenoxy) is 1. The van der Waals surface area contributed by atoms with Crippen molar-refractivity contribution in [3.63, 3.8) is 0 Å². The van der Waals surface area contributed by atoms with Crippen molar-refractivity contribution < 1.29 is 27.5 Å². The predicted molar refractivity (Wildman–Crippen MR) is 125 cm³/mol. The maximum absolute atomic E-state index is 15.0. The van der Waals surface area contributed by atoms with Gasteiger partial charge in [0.1, 0.15) is 17.5 Å². The number of likely N-dealkylation sites (N-methyl/N-ethyl adjacent to an activating group) is 1. The lowest BCUT2D eigenvalue weighted by molar-refractivity contribution is -0.0396. The third-order valence-electron chi connectivity index (χ3n) is 6.42. The van der Waals surface area contributed by atoms with Crippen molar-refractivity contribution in [3.8, 4) is 0 Å². The van der Waals surface area contributed by atoms with Crippen molar-refractivity contribution in [2.24, 2.45) is 0 Å². The number of alkyl halides is 2. The molecule has 1 unspecified atom stereocenters. The predicted octanol–water partition coefficient (Wildman–Crippen LogP) is 5.08. The van der Waals surface area contributed by atoms with E-state index in [1.54, 1.807) is 37.8 Å². The Morgan fingerprint density at radius 1 is 1.09 bits per heavy atom. The fourth-order valence-corrected chi connectivity index (χ4v) is 4.75. The number of halogens is 3. The van der Waals surface area contributed by atoms with Crippen LogP contribution in [0.25, 0.3) is 0 Å². The van der Waals surface area contributed by atoms with Gasteiger partial charge in [-0.1, -0.05) is 36.4 Å². The third-order valence-corrected chi connectivity index (χ3v) is 6.42. The molecule has 1 fully saturated rings. The van der Waals surface area contributed by atoms with E-state index in [0.717, 1.165) is 20.9 Å². The van der Waals surface area contributed by atoms with Gasteiger partial charge in [0.05, 0.1) is 19.1 Å². The third kappa shape index (κ3) is 5.09. The summed E-state index contributed by atoms with van der Waals surface area (Å²) in [6.07, 6.45) is -0.268. The molecule has 0 radical (unpaired) electrons. The van der Waals surface area contributed by atoms with Crippen molar-refractivity contribution in [3.05, 3.63) is 71.0 Å². The maximum atomic E-state index is 15.0. The van der Waals surface area contributed by atoms with Gasteiger partial charge in [-0.05, 0) is 56.0 Å². The number of nitrogens with zero attached hydrogens (tertiary/aromatic N) is 3. The van der Waals surface area contributed by atoms with Gasteiger partial charge in [0.25, 0.3) is 5.92 Å². The van der Waals surface area contributed by atoms with Crippen LogP contribution in [0, 0.1) is 5.82 Å². The van der Waals surface area contributed by atoms with Gasteiger partial charge in [-0.2, -0.15) is 0 Å². The van der Waals surface area contributed by atoms with Crippen molar-refractivity contribution in [2.45, 2.75) is 50.8 Å². The second kappa shape index (κ2) is 9.09. The average molecular weight is 490 g/mol. The first-order valence-electron chi connectivity index (χ1n) is 11.6. The van der Waals surface area contributed by atoms with E-state index in [4.69, 9.17) is 4.74 Å². The quantitative estimate of drug-likeness (QED) is 0.591. The van der Waals surface area contributed by atoms with E-state index in [1.807, 2.05) is 24.3 Å². The fraction of sp³-hybridized carbons (Fsp3) is 0.462. The van der Waals surface area contributed by atoms with Crippen LogP contribution < -0.4 is 0 Å². The second-order valence-corrected chi connectivity index (χ2v) is 10.1. The lowest BCUT2D eigenvalue weighted by atomic mass is 9.88. The first-order chi connectivity index (χ1) is 16.4. The highest BCUT2D eigenvalue weighted by Crippen LogP contribution is 2.38. The minimum atomic E-state index is -3.31. The number of fused-ring (bicyclic) bond motifs is 1. The highest BCUT2D eigenvalue weighted by molar-refractivity contribution is 5.77. The SMILES string of the molecule is CN(C(=O)N1CCc2ccccc2[C@@H]1c1ccc(F)cc1)C1CN(C(=O)OC(C)(C)C)CC1(F)F. The fourth-order valence-electron chi connectivity index (χ4n) is 4.75. The molecule has 0 saturated carbocycles. The van der Waals surface area contributed by atoms with Crippen LogP contribution in [-0.4, -0.2) is 71.1 Å². The zero-order valence-electron chi connectivity index (χ0n) is 20.3. The Morgan fingerprint density at radius 3 is 2.40 bits per heavy atom. The highest BCUT2D eigenvalue weighted by Gasteiger charge is 2.54. The number of carbonyl (C=O) groups is 2. The first kappa shape index (κ1) is 24.9. The Morgan fingerprint density at radius 2 is 1.74 bits per heavy atom. The van der Waals surface area contributed by atoms with E-state index in [-0.39, 0.29) is 6.54 Å². The Balaban J connectivity index is 1.61. The normalized spacial score (nSPS) is 21.5. The second-order valence-electron chi connectivity index (χ2n) is 10.1. The molecule has 2 aliphatic heterocycles. The molecule has 0 aliphatic carbocycles. The molecule has 4 rings (SSSR count). The Hall–Kier alpha value is -3.23. The van der Waals surface area contributed by atoms with Crippen LogP contribution in [0.3, 0.4) is 0 Å².